The molecule has 0 N–H and O–H groups in total. The van der Waals surface area contributed by atoms with Gasteiger partial charge in [0.05, 0.1) is 17.6 Å². The van der Waals surface area contributed by atoms with Crippen LogP contribution in [0, 0.1) is 0 Å². The monoisotopic (exact) mass is 305 g/mol. The molecule has 0 radical (unpaired) electrons. The summed E-state index contributed by atoms with van der Waals surface area (Å²) in [5, 5.41) is 0. The zero-order valence-corrected chi connectivity index (χ0v) is 11.2. The lowest BCUT2D eigenvalue weighted by molar-refractivity contribution is 0.359. The van der Waals surface area contributed by atoms with E-state index in [9.17, 15) is 8.42 Å². The highest BCUT2D eigenvalue weighted by Crippen LogP contribution is 2.21. The lowest BCUT2D eigenvalue weighted by Crippen LogP contribution is -2.30. The Morgan fingerprint density at radius 1 is 1.56 bits per heavy atom. The standard InChI is InChI=1S/C10H12BrNO3S/c1-12(6-9-7-15-9)16(13,14)10-4-2-3-8(11)5-10/h2-5,9H,6-7H2,1H3/t9-/m0/s1. The zero-order valence-electron chi connectivity index (χ0n) is 8.76. The van der Waals surface area contributed by atoms with Crippen LogP contribution < -0.4 is 0 Å². The Labute approximate surface area is 103 Å². The van der Waals surface area contributed by atoms with Crippen molar-refractivity contribution < 1.29 is 13.2 Å². The SMILES string of the molecule is CN(C[C@H]1CO1)S(=O)(=O)c1cccc(Br)c1. The van der Waals surface area contributed by atoms with Gasteiger partial charge in [-0.05, 0) is 18.2 Å². The number of nitrogens with zero attached hydrogens (tertiary/aromatic N) is 1. The Kier molecular flexibility index (Phi) is 3.34. The van der Waals surface area contributed by atoms with Gasteiger partial charge in [-0.3, -0.25) is 0 Å². The van der Waals surface area contributed by atoms with Gasteiger partial charge in [0.25, 0.3) is 0 Å². The van der Waals surface area contributed by atoms with Crippen molar-refractivity contribution >= 4 is 26.0 Å². The van der Waals surface area contributed by atoms with Crippen molar-refractivity contribution in [3.05, 3.63) is 28.7 Å². The Bertz CT molecular complexity index is 485. The summed E-state index contributed by atoms with van der Waals surface area (Å²) in [4.78, 5) is 0.296. The third-order valence-electron chi connectivity index (χ3n) is 2.37. The first-order chi connectivity index (χ1) is 7.50. The summed E-state index contributed by atoms with van der Waals surface area (Å²) in [6.45, 7) is 1.06. The van der Waals surface area contributed by atoms with Crippen molar-refractivity contribution in [2.24, 2.45) is 0 Å². The van der Waals surface area contributed by atoms with E-state index in [0.717, 1.165) is 4.47 Å². The first kappa shape index (κ1) is 12.0. The number of hydrogen-bond donors (Lipinski definition) is 0. The van der Waals surface area contributed by atoms with Crippen LogP contribution in [0.1, 0.15) is 0 Å². The highest BCUT2D eigenvalue weighted by Gasteiger charge is 2.30. The number of ether oxygens (including phenoxy) is 1. The average Bonchev–Trinajstić information content (AvgIpc) is 3.01. The van der Waals surface area contributed by atoms with E-state index in [0.29, 0.717) is 18.0 Å². The molecule has 2 rings (SSSR count). The molecular weight excluding hydrogens is 294 g/mol. The summed E-state index contributed by atoms with van der Waals surface area (Å²) in [6, 6.07) is 6.69. The van der Waals surface area contributed by atoms with Crippen molar-refractivity contribution in [2.75, 3.05) is 20.2 Å². The van der Waals surface area contributed by atoms with Crippen LogP contribution in [0.15, 0.2) is 33.6 Å². The molecule has 1 fully saturated rings. The van der Waals surface area contributed by atoms with E-state index in [-0.39, 0.29) is 6.10 Å². The molecule has 0 amide bonds. The molecule has 1 aromatic rings. The maximum atomic E-state index is 12.1. The number of epoxide rings is 1. The van der Waals surface area contributed by atoms with Crippen molar-refractivity contribution in [2.45, 2.75) is 11.0 Å². The number of halogens is 1. The number of hydrogen-bond acceptors (Lipinski definition) is 3. The van der Waals surface area contributed by atoms with Crippen LogP contribution in [0.4, 0.5) is 0 Å². The summed E-state index contributed by atoms with van der Waals surface area (Å²) < 4.78 is 31.3. The molecule has 1 aliphatic heterocycles. The topological polar surface area (TPSA) is 49.9 Å². The van der Waals surface area contributed by atoms with Gasteiger partial charge in [0.1, 0.15) is 0 Å². The van der Waals surface area contributed by atoms with Gasteiger partial charge in [0.2, 0.25) is 10.0 Å². The Balaban J connectivity index is 2.23. The fourth-order valence-corrected chi connectivity index (χ4v) is 3.17. The minimum absolute atomic E-state index is 0.0620. The molecule has 1 atom stereocenters. The van der Waals surface area contributed by atoms with E-state index in [1.54, 1.807) is 31.3 Å². The van der Waals surface area contributed by atoms with Crippen molar-refractivity contribution in [3.8, 4) is 0 Å². The first-order valence-corrected chi connectivity index (χ1v) is 7.07. The van der Waals surface area contributed by atoms with Crippen LogP contribution in [0.5, 0.6) is 0 Å². The van der Waals surface area contributed by atoms with E-state index < -0.39 is 10.0 Å². The van der Waals surface area contributed by atoms with Gasteiger partial charge in [0, 0.05) is 18.1 Å². The highest BCUT2D eigenvalue weighted by molar-refractivity contribution is 9.10. The van der Waals surface area contributed by atoms with Gasteiger partial charge in [0.15, 0.2) is 0 Å². The first-order valence-electron chi connectivity index (χ1n) is 4.83. The van der Waals surface area contributed by atoms with Crippen LogP contribution in [-0.2, 0) is 14.8 Å². The highest BCUT2D eigenvalue weighted by atomic mass is 79.9. The van der Waals surface area contributed by atoms with Crippen LogP contribution >= 0.6 is 15.9 Å². The largest absolute Gasteiger partial charge is 0.372 e. The molecule has 1 heterocycles. The Hall–Kier alpha value is -0.430. The number of rotatable bonds is 4. The lowest BCUT2D eigenvalue weighted by atomic mass is 10.4. The number of sulfonamides is 1. The Morgan fingerprint density at radius 2 is 2.25 bits per heavy atom. The van der Waals surface area contributed by atoms with Crippen LogP contribution in [0.3, 0.4) is 0 Å². The summed E-state index contributed by atoms with van der Waals surface area (Å²) in [5.74, 6) is 0. The van der Waals surface area contributed by atoms with Gasteiger partial charge >= 0.3 is 0 Å². The maximum absolute atomic E-state index is 12.1. The predicted octanol–water partition coefficient (Wildman–Crippen LogP) is 1.47. The molecule has 1 aliphatic rings. The van der Waals surface area contributed by atoms with Crippen molar-refractivity contribution in [1.82, 2.24) is 4.31 Å². The molecule has 16 heavy (non-hydrogen) atoms. The maximum Gasteiger partial charge on any atom is 0.242 e. The van der Waals surface area contributed by atoms with Crippen LogP contribution in [0.2, 0.25) is 0 Å². The van der Waals surface area contributed by atoms with E-state index in [1.807, 2.05) is 0 Å². The second-order valence-corrected chi connectivity index (χ2v) is 6.66. The summed E-state index contributed by atoms with van der Waals surface area (Å²) in [6.07, 6.45) is 0.0620. The van der Waals surface area contributed by atoms with Gasteiger partial charge in [-0.15, -0.1) is 0 Å². The number of likely N-dealkylation sites (N-methyl/N-ethyl adjacent to an activating group) is 1. The van der Waals surface area contributed by atoms with Crippen molar-refractivity contribution in [3.63, 3.8) is 0 Å². The minimum atomic E-state index is -3.39. The zero-order chi connectivity index (χ0) is 11.8. The van der Waals surface area contributed by atoms with Crippen LogP contribution in [0.25, 0.3) is 0 Å². The molecule has 0 unspecified atom stereocenters. The molecule has 0 bridgehead atoms. The third kappa shape index (κ3) is 2.63. The molecule has 4 nitrogen and oxygen atoms in total. The average molecular weight is 306 g/mol. The third-order valence-corrected chi connectivity index (χ3v) is 4.68. The molecule has 0 spiro atoms. The molecule has 0 aliphatic carbocycles. The summed E-state index contributed by atoms with van der Waals surface area (Å²) >= 11 is 3.26. The Morgan fingerprint density at radius 3 is 2.81 bits per heavy atom. The van der Waals surface area contributed by atoms with Gasteiger partial charge in [-0.2, -0.15) is 4.31 Å². The van der Waals surface area contributed by atoms with E-state index in [4.69, 9.17) is 4.74 Å². The molecule has 88 valence electrons. The van der Waals surface area contributed by atoms with E-state index in [1.165, 1.54) is 4.31 Å². The predicted molar refractivity (Wildman–Crippen MR) is 63.7 cm³/mol. The normalized spacial score (nSPS) is 20.1. The molecular formula is C10H12BrNO3S. The smallest absolute Gasteiger partial charge is 0.242 e. The molecule has 0 aromatic heterocycles. The molecule has 0 saturated carbocycles. The fraction of sp³-hybridized carbons (Fsp3) is 0.400. The van der Waals surface area contributed by atoms with Crippen LogP contribution in [-0.4, -0.2) is 39.0 Å². The van der Waals surface area contributed by atoms with E-state index in [2.05, 4.69) is 15.9 Å². The van der Waals surface area contributed by atoms with Gasteiger partial charge in [-0.25, -0.2) is 8.42 Å². The second-order valence-electron chi connectivity index (χ2n) is 3.70. The molecule has 1 aromatic carbocycles. The molecule has 6 heteroatoms. The molecule has 1 saturated heterocycles. The number of benzene rings is 1. The van der Waals surface area contributed by atoms with E-state index >= 15 is 0 Å². The summed E-state index contributed by atoms with van der Waals surface area (Å²) in [7, 11) is -1.83. The summed E-state index contributed by atoms with van der Waals surface area (Å²) in [5.41, 5.74) is 0. The minimum Gasteiger partial charge on any atom is -0.372 e. The quantitative estimate of drug-likeness (QED) is 0.792. The van der Waals surface area contributed by atoms with Crippen molar-refractivity contribution in [1.29, 1.82) is 0 Å². The fourth-order valence-electron chi connectivity index (χ4n) is 1.37. The lowest BCUT2D eigenvalue weighted by Gasteiger charge is -2.15. The van der Waals surface area contributed by atoms with Gasteiger partial charge < -0.3 is 4.74 Å². The second kappa shape index (κ2) is 4.44. The van der Waals surface area contributed by atoms with Gasteiger partial charge in [-0.1, -0.05) is 22.0 Å².